The zero-order valence-electron chi connectivity index (χ0n) is 12.2. The molecule has 5 nitrogen and oxygen atoms in total. The van der Waals surface area contributed by atoms with E-state index in [1.54, 1.807) is 29.9 Å². The van der Waals surface area contributed by atoms with E-state index < -0.39 is 10.0 Å². The second kappa shape index (κ2) is 6.76. The van der Waals surface area contributed by atoms with Gasteiger partial charge in [-0.3, -0.25) is 4.98 Å². The van der Waals surface area contributed by atoms with Crippen LogP contribution in [0.1, 0.15) is 12.8 Å². The van der Waals surface area contributed by atoms with Crippen molar-refractivity contribution in [3.63, 3.8) is 0 Å². The highest BCUT2D eigenvalue weighted by Crippen LogP contribution is 2.23. The highest BCUT2D eigenvalue weighted by molar-refractivity contribution is 7.91. The van der Waals surface area contributed by atoms with Crippen LogP contribution >= 0.6 is 11.3 Å². The van der Waals surface area contributed by atoms with E-state index in [4.69, 9.17) is 0 Å². The van der Waals surface area contributed by atoms with Crippen molar-refractivity contribution in [2.45, 2.75) is 17.1 Å². The molecule has 0 amide bonds. The van der Waals surface area contributed by atoms with E-state index in [1.165, 1.54) is 17.0 Å². The molecule has 1 fully saturated rings. The molecular weight excluding hydrogens is 318 g/mol. The second-order valence-corrected chi connectivity index (χ2v) is 8.36. The van der Waals surface area contributed by atoms with Crippen molar-refractivity contribution in [1.29, 1.82) is 0 Å². The third-order valence-corrected chi connectivity index (χ3v) is 6.79. The first-order valence-electron chi connectivity index (χ1n) is 7.33. The third kappa shape index (κ3) is 3.66. The summed E-state index contributed by atoms with van der Waals surface area (Å²) in [4.78, 5) is 6.36. The van der Waals surface area contributed by atoms with Crippen LogP contribution in [0.2, 0.25) is 0 Å². The highest BCUT2D eigenvalue weighted by Gasteiger charge is 2.22. The molecule has 3 rings (SSSR count). The van der Waals surface area contributed by atoms with Crippen LogP contribution in [0.15, 0.2) is 46.2 Å². The summed E-state index contributed by atoms with van der Waals surface area (Å²) in [5.41, 5.74) is 1.19. The second-order valence-electron chi connectivity index (χ2n) is 5.42. The number of nitrogens with one attached hydrogen (secondary N) is 1. The van der Waals surface area contributed by atoms with Crippen LogP contribution in [0.25, 0.3) is 0 Å². The Bertz CT molecular complexity index is 679. The molecule has 1 N–H and O–H groups in total. The van der Waals surface area contributed by atoms with E-state index in [0.717, 1.165) is 25.9 Å². The van der Waals surface area contributed by atoms with Crippen molar-refractivity contribution in [3.05, 3.63) is 42.0 Å². The van der Waals surface area contributed by atoms with Crippen molar-refractivity contribution >= 4 is 27.0 Å². The van der Waals surface area contributed by atoms with Gasteiger partial charge in [0.15, 0.2) is 0 Å². The Balaban J connectivity index is 1.50. The van der Waals surface area contributed by atoms with Gasteiger partial charge in [0, 0.05) is 37.7 Å². The van der Waals surface area contributed by atoms with E-state index in [9.17, 15) is 8.42 Å². The number of nitrogens with zero attached hydrogens (tertiary/aromatic N) is 2. The maximum Gasteiger partial charge on any atom is 0.250 e. The number of piperidine rings is 1. The Morgan fingerprint density at radius 2 is 1.95 bits per heavy atom. The molecule has 1 aliphatic heterocycles. The van der Waals surface area contributed by atoms with Gasteiger partial charge in [0.25, 0.3) is 0 Å². The summed E-state index contributed by atoms with van der Waals surface area (Å²) in [6.07, 6.45) is 5.59. The predicted octanol–water partition coefficient (Wildman–Crippen LogP) is 2.34. The van der Waals surface area contributed by atoms with Gasteiger partial charge in [-0.05, 0) is 42.3 Å². The molecule has 3 heterocycles. The molecule has 22 heavy (non-hydrogen) atoms. The molecule has 7 heteroatoms. The van der Waals surface area contributed by atoms with Gasteiger partial charge in [0.2, 0.25) is 10.0 Å². The molecule has 0 atom stereocenters. The molecule has 0 radical (unpaired) electrons. The summed E-state index contributed by atoms with van der Waals surface area (Å²) >= 11 is 1.25. The zero-order valence-corrected chi connectivity index (χ0v) is 13.8. The maximum absolute atomic E-state index is 12.1. The van der Waals surface area contributed by atoms with E-state index in [1.807, 2.05) is 12.1 Å². The van der Waals surface area contributed by atoms with Crippen molar-refractivity contribution in [2.24, 2.45) is 5.92 Å². The van der Waals surface area contributed by atoms with E-state index >= 15 is 0 Å². The topological polar surface area (TPSA) is 62.3 Å². The normalized spacial score (nSPS) is 16.8. The largest absolute Gasteiger partial charge is 0.371 e. The predicted molar refractivity (Wildman–Crippen MR) is 88.7 cm³/mol. The lowest BCUT2D eigenvalue weighted by molar-refractivity contribution is 0.402. The van der Waals surface area contributed by atoms with E-state index in [0.29, 0.717) is 16.7 Å². The van der Waals surface area contributed by atoms with Crippen LogP contribution in [-0.4, -0.2) is 33.0 Å². The van der Waals surface area contributed by atoms with Crippen LogP contribution in [0.3, 0.4) is 0 Å². The SMILES string of the molecule is O=S(=O)(NCC1CCN(c2ccncc2)CC1)c1cccs1. The number of sulfonamides is 1. The van der Waals surface area contributed by atoms with Crippen LogP contribution in [0.4, 0.5) is 5.69 Å². The van der Waals surface area contributed by atoms with Crippen molar-refractivity contribution in [3.8, 4) is 0 Å². The summed E-state index contributed by atoms with van der Waals surface area (Å²) in [7, 11) is -3.34. The van der Waals surface area contributed by atoms with Crippen LogP contribution in [0, 0.1) is 5.92 Å². The molecule has 0 saturated carbocycles. The highest BCUT2D eigenvalue weighted by atomic mass is 32.2. The quantitative estimate of drug-likeness (QED) is 0.910. The summed E-state index contributed by atoms with van der Waals surface area (Å²) in [6, 6.07) is 7.42. The zero-order chi connectivity index (χ0) is 15.4. The lowest BCUT2D eigenvalue weighted by Gasteiger charge is -2.33. The Labute approximate surface area is 135 Å². The monoisotopic (exact) mass is 337 g/mol. The number of aromatic nitrogens is 1. The van der Waals surface area contributed by atoms with Crippen molar-refractivity contribution in [2.75, 3.05) is 24.5 Å². The Morgan fingerprint density at radius 1 is 1.23 bits per heavy atom. The maximum atomic E-state index is 12.1. The lowest BCUT2D eigenvalue weighted by Crippen LogP contribution is -2.38. The number of rotatable bonds is 5. The van der Waals surface area contributed by atoms with Gasteiger partial charge in [-0.1, -0.05) is 6.07 Å². The van der Waals surface area contributed by atoms with Crippen LogP contribution < -0.4 is 9.62 Å². The summed E-state index contributed by atoms with van der Waals surface area (Å²) in [5, 5.41) is 1.78. The molecule has 0 unspecified atom stereocenters. The average Bonchev–Trinajstić information content (AvgIpc) is 3.10. The first-order chi connectivity index (χ1) is 10.6. The first kappa shape index (κ1) is 15.5. The average molecular weight is 337 g/mol. The van der Waals surface area contributed by atoms with Gasteiger partial charge in [0.1, 0.15) is 4.21 Å². The van der Waals surface area contributed by atoms with Gasteiger partial charge < -0.3 is 4.90 Å². The van der Waals surface area contributed by atoms with E-state index in [-0.39, 0.29) is 0 Å². The fourth-order valence-electron chi connectivity index (χ4n) is 2.67. The molecule has 0 bridgehead atoms. The van der Waals surface area contributed by atoms with Crippen molar-refractivity contribution < 1.29 is 8.42 Å². The first-order valence-corrected chi connectivity index (χ1v) is 9.69. The standard InChI is InChI=1S/C15H19N3O2S2/c19-22(20,15-2-1-11-21-15)17-12-13-5-9-18(10-6-13)14-3-7-16-8-4-14/h1-4,7-8,11,13,17H,5-6,9-10,12H2. The minimum absolute atomic E-state index is 0.390. The molecular formula is C15H19N3O2S2. The summed E-state index contributed by atoms with van der Waals surface area (Å²) in [6.45, 7) is 2.43. The molecule has 0 spiro atoms. The van der Waals surface area contributed by atoms with Gasteiger partial charge >= 0.3 is 0 Å². The number of hydrogen-bond acceptors (Lipinski definition) is 5. The summed E-state index contributed by atoms with van der Waals surface area (Å²) in [5.74, 6) is 0.396. The van der Waals surface area contributed by atoms with Crippen molar-refractivity contribution in [1.82, 2.24) is 9.71 Å². The van der Waals surface area contributed by atoms with Gasteiger partial charge in [-0.15, -0.1) is 11.3 Å². The minimum Gasteiger partial charge on any atom is -0.371 e. The fourth-order valence-corrected chi connectivity index (χ4v) is 4.82. The number of anilines is 1. The minimum atomic E-state index is -3.34. The van der Waals surface area contributed by atoms with Gasteiger partial charge in [-0.25, -0.2) is 13.1 Å². The van der Waals surface area contributed by atoms with E-state index in [2.05, 4.69) is 14.6 Å². The molecule has 2 aromatic rings. The molecule has 1 saturated heterocycles. The van der Waals surface area contributed by atoms with Crippen LogP contribution in [0.5, 0.6) is 0 Å². The number of pyridine rings is 1. The molecule has 2 aromatic heterocycles. The van der Waals surface area contributed by atoms with Crippen LogP contribution in [-0.2, 0) is 10.0 Å². The Morgan fingerprint density at radius 3 is 2.59 bits per heavy atom. The number of hydrogen-bond donors (Lipinski definition) is 1. The molecule has 118 valence electrons. The lowest BCUT2D eigenvalue weighted by atomic mass is 9.97. The molecule has 0 aliphatic carbocycles. The smallest absolute Gasteiger partial charge is 0.250 e. The molecule has 0 aromatic carbocycles. The third-order valence-electron chi connectivity index (χ3n) is 3.96. The Kier molecular flexibility index (Phi) is 4.75. The summed E-state index contributed by atoms with van der Waals surface area (Å²) < 4.78 is 27.3. The Hall–Kier alpha value is -1.44. The fraction of sp³-hybridized carbons (Fsp3) is 0.400. The van der Waals surface area contributed by atoms with Gasteiger partial charge in [0.05, 0.1) is 0 Å². The molecule has 1 aliphatic rings. The van der Waals surface area contributed by atoms with Gasteiger partial charge in [-0.2, -0.15) is 0 Å². The number of thiophene rings is 1.